The number of rotatable bonds is 3. The number of nitrogens with one attached hydrogen (secondary N) is 3. The molecule has 22 heavy (non-hydrogen) atoms. The summed E-state index contributed by atoms with van der Waals surface area (Å²) in [6.45, 7) is 0. The Balaban J connectivity index is 1.85. The molecule has 1 heterocycles. The second kappa shape index (κ2) is 7.14. The number of hydrogen-bond donors (Lipinski definition) is 4. The first-order chi connectivity index (χ1) is 10.6. The number of hydrazine groups is 1. The summed E-state index contributed by atoms with van der Waals surface area (Å²) in [7, 11) is 0. The number of aromatic carboxylic acids is 1. The van der Waals surface area contributed by atoms with Gasteiger partial charge in [-0.1, -0.05) is 0 Å². The summed E-state index contributed by atoms with van der Waals surface area (Å²) in [5, 5.41) is 11.8. The first-order valence-corrected chi connectivity index (χ1v) is 6.58. The van der Waals surface area contributed by atoms with Gasteiger partial charge in [0.15, 0.2) is 5.11 Å². The van der Waals surface area contributed by atoms with E-state index in [1.54, 1.807) is 24.3 Å². The van der Waals surface area contributed by atoms with Gasteiger partial charge in [0, 0.05) is 23.6 Å². The third kappa shape index (κ3) is 4.25. The molecule has 0 saturated heterocycles. The number of carboxylic acid groups (broad SMARTS) is 1. The van der Waals surface area contributed by atoms with Gasteiger partial charge >= 0.3 is 5.97 Å². The van der Waals surface area contributed by atoms with Gasteiger partial charge in [-0.05, 0) is 48.6 Å². The number of carbonyl (C=O) groups is 2. The van der Waals surface area contributed by atoms with E-state index in [9.17, 15) is 9.59 Å². The van der Waals surface area contributed by atoms with Gasteiger partial charge in [0.25, 0.3) is 5.91 Å². The van der Waals surface area contributed by atoms with Crippen LogP contribution in [0.25, 0.3) is 0 Å². The van der Waals surface area contributed by atoms with E-state index in [-0.39, 0.29) is 16.6 Å². The van der Waals surface area contributed by atoms with Crippen LogP contribution in [0.15, 0.2) is 48.8 Å². The minimum Gasteiger partial charge on any atom is -0.478 e. The van der Waals surface area contributed by atoms with E-state index in [4.69, 9.17) is 17.3 Å². The highest BCUT2D eigenvalue weighted by Crippen LogP contribution is 2.09. The van der Waals surface area contributed by atoms with E-state index in [0.717, 1.165) is 0 Å². The number of aromatic nitrogens is 1. The smallest absolute Gasteiger partial charge is 0.335 e. The summed E-state index contributed by atoms with van der Waals surface area (Å²) in [5.41, 5.74) is 6.20. The molecule has 0 atom stereocenters. The molecule has 0 radical (unpaired) electrons. The molecule has 0 fully saturated rings. The van der Waals surface area contributed by atoms with Crippen LogP contribution in [0.2, 0.25) is 0 Å². The molecule has 0 unspecified atom stereocenters. The van der Waals surface area contributed by atoms with Crippen molar-refractivity contribution in [2.75, 3.05) is 5.32 Å². The molecule has 0 spiro atoms. The molecule has 7 nitrogen and oxygen atoms in total. The van der Waals surface area contributed by atoms with Crippen LogP contribution in [0.3, 0.4) is 0 Å². The number of nitrogens with zero attached hydrogens (tertiary/aromatic N) is 1. The lowest BCUT2D eigenvalue weighted by Gasteiger charge is -2.11. The highest BCUT2D eigenvalue weighted by atomic mass is 32.1. The molecule has 112 valence electrons. The minimum atomic E-state index is -1.00. The summed E-state index contributed by atoms with van der Waals surface area (Å²) < 4.78 is 0. The predicted octanol–water partition coefficient (Wildman–Crippen LogP) is 1.41. The summed E-state index contributed by atoms with van der Waals surface area (Å²) in [6.07, 6.45) is 3.02. The lowest BCUT2D eigenvalue weighted by Crippen LogP contribution is -2.43. The van der Waals surface area contributed by atoms with Crippen molar-refractivity contribution in [3.05, 3.63) is 59.9 Å². The summed E-state index contributed by atoms with van der Waals surface area (Å²) >= 11 is 5.02. The van der Waals surface area contributed by atoms with Crippen LogP contribution < -0.4 is 16.2 Å². The van der Waals surface area contributed by atoms with Crippen molar-refractivity contribution in [3.63, 3.8) is 0 Å². The largest absolute Gasteiger partial charge is 0.478 e. The van der Waals surface area contributed by atoms with Crippen molar-refractivity contribution in [2.45, 2.75) is 0 Å². The molecule has 0 bridgehead atoms. The van der Waals surface area contributed by atoms with Crippen molar-refractivity contribution in [3.8, 4) is 0 Å². The van der Waals surface area contributed by atoms with Crippen molar-refractivity contribution < 1.29 is 14.7 Å². The molecule has 1 aromatic carbocycles. The van der Waals surface area contributed by atoms with Gasteiger partial charge in [-0.3, -0.25) is 20.6 Å². The number of hydrogen-bond acceptors (Lipinski definition) is 4. The maximum atomic E-state index is 11.8. The van der Waals surface area contributed by atoms with Crippen LogP contribution in [-0.2, 0) is 0 Å². The molecule has 1 amide bonds. The Hall–Kier alpha value is -3.00. The Bertz CT molecular complexity index is 689. The van der Waals surface area contributed by atoms with Crippen LogP contribution in [0, 0.1) is 0 Å². The fourth-order valence-corrected chi connectivity index (χ4v) is 1.72. The van der Waals surface area contributed by atoms with Crippen LogP contribution in [0.4, 0.5) is 5.69 Å². The van der Waals surface area contributed by atoms with Gasteiger partial charge < -0.3 is 10.4 Å². The number of carbonyl (C=O) groups excluding carboxylic acids is 1. The van der Waals surface area contributed by atoms with E-state index in [0.29, 0.717) is 11.3 Å². The second-order valence-corrected chi connectivity index (χ2v) is 4.56. The lowest BCUT2D eigenvalue weighted by atomic mass is 10.2. The zero-order valence-electron chi connectivity index (χ0n) is 11.2. The monoisotopic (exact) mass is 316 g/mol. The normalized spacial score (nSPS) is 9.64. The molecule has 0 aliphatic rings. The van der Waals surface area contributed by atoms with Crippen LogP contribution in [0.1, 0.15) is 20.7 Å². The van der Waals surface area contributed by atoms with Crippen LogP contribution >= 0.6 is 12.2 Å². The van der Waals surface area contributed by atoms with Crippen LogP contribution in [0.5, 0.6) is 0 Å². The van der Waals surface area contributed by atoms with E-state index in [1.165, 1.54) is 24.5 Å². The van der Waals surface area contributed by atoms with Gasteiger partial charge in [-0.25, -0.2) is 4.79 Å². The molecule has 1 aromatic heterocycles. The highest BCUT2D eigenvalue weighted by Gasteiger charge is 2.06. The molecule has 2 aromatic rings. The van der Waals surface area contributed by atoms with Crippen molar-refractivity contribution in [1.29, 1.82) is 0 Å². The number of pyridine rings is 1. The Labute approximate surface area is 131 Å². The van der Waals surface area contributed by atoms with E-state index in [2.05, 4.69) is 21.2 Å². The average molecular weight is 316 g/mol. The van der Waals surface area contributed by atoms with Gasteiger partial charge in [-0.15, -0.1) is 0 Å². The Morgan fingerprint density at radius 1 is 0.955 bits per heavy atom. The van der Waals surface area contributed by atoms with Crippen molar-refractivity contribution >= 4 is 34.9 Å². The van der Waals surface area contributed by atoms with E-state index < -0.39 is 5.97 Å². The zero-order chi connectivity index (χ0) is 15.9. The van der Waals surface area contributed by atoms with Gasteiger partial charge in [0.05, 0.1) is 5.56 Å². The number of anilines is 1. The highest BCUT2D eigenvalue weighted by molar-refractivity contribution is 7.80. The topological polar surface area (TPSA) is 103 Å². The molecule has 2 rings (SSSR count). The van der Waals surface area contributed by atoms with Gasteiger partial charge in [0.1, 0.15) is 0 Å². The third-order valence-corrected chi connectivity index (χ3v) is 2.83. The molecular formula is C14H12N4O3S. The molecule has 8 heteroatoms. The van der Waals surface area contributed by atoms with Crippen molar-refractivity contribution in [1.82, 2.24) is 15.8 Å². The zero-order valence-corrected chi connectivity index (χ0v) is 12.1. The minimum absolute atomic E-state index is 0.172. The fourth-order valence-electron chi connectivity index (χ4n) is 1.55. The Morgan fingerprint density at radius 2 is 1.59 bits per heavy atom. The standard InChI is InChI=1S/C14H12N4O3S/c19-12(9-5-7-15-8-6-9)17-18-14(22)16-11-3-1-10(2-4-11)13(20)21/h1-8H,(H,17,19)(H,20,21)(H2,16,18,22). The fraction of sp³-hybridized carbons (Fsp3) is 0. The second-order valence-electron chi connectivity index (χ2n) is 4.15. The first kappa shape index (κ1) is 15.4. The maximum absolute atomic E-state index is 11.8. The molecular weight excluding hydrogens is 304 g/mol. The number of thiocarbonyl (C=S) groups is 1. The first-order valence-electron chi connectivity index (χ1n) is 6.17. The quantitative estimate of drug-likeness (QED) is 0.501. The number of carboxylic acids is 1. The van der Waals surface area contributed by atoms with Gasteiger partial charge in [0.2, 0.25) is 0 Å². The molecule has 0 aliphatic heterocycles. The summed E-state index contributed by atoms with van der Waals surface area (Å²) in [5.74, 6) is -1.36. The van der Waals surface area contributed by atoms with Crippen molar-refractivity contribution in [2.24, 2.45) is 0 Å². The lowest BCUT2D eigenvalue weighted by molar-refractivity contribution is 0.0696. The Kier molecular flexibility index (Phi) is 4.99. The number of amides is 1. The SMILES string of the molecule is O=C(O)c1ccc(NC(=S)NNC(=O)c2ccncc2)cc1. The van der Waals surface area contributed by atoms with Gasteiger partial charge in [-0.2, -0.15) is 0 Å². The molecule has 0 aliphatic carbocycles. The third-order valence-electron chi connectivity index (χ3n) is 2.62. The maximum Gasteiger partial charge on any atom is 0.335 e. The predicted molar refractivity (Wildman–Crippen MR) is 84.5 cm³/mol. The average Bonchev–Trinajstić information content (AvgIpc) is 2.54. The summed E-state index contributed by atoms with van der Waals surface area (Å²) in [4.78, 5) is 26.3. The molecule has 0 saturated carbocycles. The van der Waals surface area contributed by atoms with Crippen LogP contribution in [-0.4, -0.2) is 27.1 Å². The number of benzene rings is 1. The molecule has 4 N–H and O–H groups in total. The Morgan fingerprint density at radius 3 is 2.18 bits per heavy atom. The summed E-state index contributed by atoms with van der Waals surface area (Å²) in [6, 6.07) is 9.17. The van der Waals surface area contributed by atoms with E-state index in [1.807, 2.05) is 0 Å². The van der Waals surface area contributed by atoms with E-state index >= 15 is 0 Å².